The molecule has 3 aliphatic rings. The fourth-order valence-electron chi connectivity index (χ4n) is 4.89. The Morgan fingerprint density at radius 3 is 2.71 bits per heavy atom. The second kappa shape index (κ2) is 8.91. The van der Waals surface area contributed by atoms with E-state index < -0.39 is 11.7 Å². The van der Waals surface area contributed by atoms with E-state index in [4.69, 9.17) is 23.7 Å². The Balaban J connectivity index is 1.41. The molecule has 0 aromatic heterocycles. The summed E-state index contributed by atoms with van der Waals surface area (Å²) in [5.74, 6) is 2.99. The molecule has 0 spiro atoms. The number of hydrogen-bond acceptors (Lipinski definition) is 7. The average Bonchev–Trinajstić information content (AvgIpc) is 3.26. The molecule has 0 radical (unpaired) electrons. The van der Waals surface area contributed by atoms with E-state index in [9.17, 15) is 4.79 Å². The van der Waals surface area contributed by atoms with Gasteiger partial charge in [-0.05, 0) is 69.5 Å². The third kappa shape index (κ3) is 4.45. The van der Waals surface area contributed by atoms with Gasteiger partial charge in [-0.1, -0.05) is 6.07 Å². The SMILES string of the molecule is COc1ccc2c(c1OCCNC(=O)OC(C)(C)C)C(C)N1CCc3cc4c(cc3C1=C2)OCO4. The van der Waals surface area contributed by atoms with Crippen molar-refractivity contribution in [3.63, 3.8) is 0 Å². The Bertz CT molecular complexity index is 1180. The van der Waals surface area contributed by atoms with Gasteiger partial charge in [-0.3, -0.25) is 0 Å². The molecule has 2 aromatic carbocycles. The molecule has 35 heavy (non-hydrogen) atoms. The molecular formula is C27H32N2O6. The second-order valence-corrected chi connectivity index (χ2v) is 9.89. The van der Waals surface area contributed by atoms with E-state index in [2.05, 4.69) is 41.4 Å². The van der Waals surface area contributed by atoms with Crippen LogP contribution in [0.15, 0.2) is 24.3 Å². The molecule has 2 aromatic rings. The van der Waals surface area contributed by atoms with Gasteiger partial charge in [-0.25, -0.2) is 4.79 Å². The lowest BCUT2D eigenvalue weighted by Gasteiger charge is -2.42. The number of fused-ring (bicyclic) bond motifs is 5. The van der Waals surface area contributed by atoms with Crippen molar-refractivity contribution in [3.8, 4) is 23.0 Å². The quantitative estimate of drug-likeness (QED) is 0.619. The monoisotopic (exact) mass is 480 g/mol. The predicted molar refractivity (Wildman–Crippen MR) is 132 cm³/mol. The molecule has 8 nitrogen and oxygen atoms in total. The van der Waals surface area contributed by atoms with Gasteiger partial charge in [-0.2, -0.15) is 0 Å². The van der Waals surface area contributed by atoms with Crippen LogP contribution in [0.25, 0.3) is 11.8 Å². The normalized spacial score (nSPS) is 17.6. The van der Waals surface area contributed by atoms with Crippen molar-refractivity contribution in [2.75, 3.05) is 33.6 Å². The van der Waals surface area contributed by atoms with Crippen LogP contribution in [0.4, 0.5) is 4.79 Å². The number of ether oxygens (including phenoxy) is 5. The maximum Gasteiger partial charge on any atom is 0.407 e. The molecule has 0 fully saturated rings. The highest BCUT2D eigenvalue weighted by Crippen LogP contribution is 2.49. The number of rotatable bonds is 5. The summed E-state index contributed by atoms with van der Waals surface area (Å²) in [6.07, 6.45) is 2.67. The molecule has 0 saturated carbocycles. The topological polar surface area (TPSA) is 78.5 Å². The first kappa shape index (κ1) is 23.2. The van der Waals surface area contributed by atoms with Crippen molar-refractivity contribution in [1.29, 1.82) is 0 Å². The van der Waals surface area contributed by atoms with Crippen LogP contribution in [0.2, 0.25) is 0 Å². The predicted octanol–water partition coefficient (Wildman–Crippen LogP) is 4.76. The Morgan fingerprint density at radius 2 is 1.97 bits per heavy atom. The van der Waals surface area contributed by atoms with Crippen LogP contribution in [-0.4, -0.2) is 50.2 Å². The van der Waals surface area contributed by atoms with Gasteiger partial charge in [0.1, 0.15) is 12.2 Å². The first-order chi connectivity index (χ1) is 16.7. The standard InChI is InChI=1S/C27H32N2O6/c1-16-24-18(6-7-21(31-5)25(24)32-11-9-28-26(30)35-27(2,3)4)12-20-19-14-23-22(33-15-34-23)13-17(19)8-10-29(16)20/h6-7,12-14,16H,8-11,15H2,1-5H3,(H,28,30). The first-order valence-corrected chi connectivity index (χ1v) is 12.0. The van der Waals surface area contributed by atoms with Gasteiger partial charge in [0, 0.05) is 23.4 Å². The van der Waals surface area contributed by atoms with Crippen LogP contribution < -0.4 is 24.3 Å². The zero-order valence-corrected chi connectivity index (χ0v) is 20.9. The second-order valence-electron chi connectivity index (χ2n) is 9.89. The van der Waals surface area contributed by atoms with Gasteiger partial charge in [0.05, 0.1) is 19.7 Å². The highest BCUT2D eigenvalue weighted by molar-refractivity contribution is 5.88. The lowest BCUT2D eigenvalue weighted by atomic mass is 9.86. The third-order valence-corrected chi connectivity index (χ3v) is 6.41. The summed E-state index contributed by atoms with van der Waals surface area (Å²) in [5.41, 5.74) is 5.24. The minimum atomic E-state index is -0.543. The van der Waals surface area contributed by atoms with Crippen LogP contribution in [0, 0.1) is 0 Å². The lowest BCUT2D eigenvalue weighted by molar-refractivity contribution is 0.0520. The molecular weight excluding hydrogens is 448 g/mol. The fourth-order valence-corrected chi connectivity index (χ4v) is 4.89. The smallest absolute Gasteiger partial charge is 0.407 e. The summed E-state index contributed by atoms with van der Waals surface area (Å²) in [5, 5.41) is 2.74. The molecule has 1 amide bonds. The van der Waals surface area contributed by atoms with Crippen molar-refractivity contribution in [2.45, 2.75) is 45.8 Å². The summed E-state index contributed by atoms with van der Waals surface area (Å²) in [7, 11) is 1.64. The Labute approximate surface area is 205 Å². The molecule has 1 atom stereocenters. The average molecular weight is 481 g/mol. The van der Waals surface area contributed by atoms with E-state index in [-0.39, 0.29) is 12.8 Å². The number of methoxy groups -OCH3 is 1. The molecule has 186 valence electrons. The number of carbonyl (C=O) groups is 1. The van der Waals surface area contributed by atoms with Crippen LogP contribution in [0.5, 0.6) is 23.0 Å². The number of hydrogen-bond donors (Lipinski definition) is 1. The summed E-state index contributed by atoms with van der Waals surface area (Å²) >= 11 is 0. The zero-order valence-electron chi connectivity index (χ0n) is 20.9. The van der Waals surface area contributed by atoms with Gasteiger partial charge in [0.25, 0.3) is 0 Å². The van der Waals surface area contributed by atoms with Crippen LogP contribution in [0.3, 0.4) is 0 Å². The van der Waals surface area contributed by atoms with Crippen LogP contribution >= 0.6 is 0 Å². The van der Waals surface area contributed by atoms with Crippen molar-refractivity contribution in [3.05, 3.63) is 46.5 Å². The van der Waals surface area contributed by atoms with Gasteiger partial charge < -0.3 is 33.9 Å². The summed E-state index contributed by atoms with van der Waals surface area (Å²) < 4.78 is 28.4. The Kier molecular flexibility index (Phi) is 5.91. The van der Waals surface area contributed by atoms with Crippen molar-refractivity contribution in [1.82, 2.24) is 10.2 Å². The number of benzene rings is 2. The number of nitrogens with zero attached hydrogens (tertiary/aromatic N) is 1. The highest BCUT2D eigenvalue weighted by atomic mass is 16.7. The fraction of sp³-hybridized carbons (Fsp3) is 0.444. The molecule has 1 N–H and O–H groups in total. The zero-order chi connectivity index (χ0) is 24.7. The van der Waals surface area contributed by atoms with Gasteiger partial charge >= 0.3 is 6.09 Å². The minimum absolute atomic E-state index is 0.0764. The number of nitrogens with one attached hydrogen (secondary N) is 1. The molecule has 1 unspecified atom stereocenters. The molecule has 5 rings (SSSR count). The largest absolute Gasteiger partial charge is 0.493 e. The molecule has 3 aliphatic heterocycles. The van der Waals surface area contributed by atoms with Crippen molar-refractivity contribution in [2.24, 2.45) is 0 Å². The summed E-state index contributed by atoms with van der Waals surface area (Å²) in [6.45, 7) is 9.46. The van der Waals surface area contributed by atoms with Gasteiger partial charge in [0.15, 0.2) is 23.0 Å². The molecule has 0 aliphatic carbocycles. The lowest BCUT2D eigenvalue weighted by Crippen LogP contribution is -2.35. The van der Waals surface area contributed by atoms with Crippen molar-refractivity contribution >= 4 is 17.9 Å². The Hall–Kier alpha value is -3.55. The van der Waals surface area contributed by atoms with Crippen LogP contribution in [0.1, 0.15) is 56.0 Å². The summed E-state index contributed by atoms with van der Waals surface area (Å²) in [4.78, 5) is 14.4. The molecule has 0 saturated heterocycles. The Morgan fingerprint density at radius 1 is 1.20 bits per heavy atom. The van der Waals surface area contributed by atoms with E-state index in [1.54, 1.807) is 7.11 Å². The maximum absolute atomic E-state index is 12.0. The van der Waals surface area contributed by atoms with Crippen molar-refractivity contribution < 1.29 is 28.5 Å². The molecule has 8 heteroatoms. The minimum Gasteiger partial charge on any atom is -0.493 e. The molecule has 3 heterocycles. The molecule has 0 bridgehead atoms. The first-order valence-electron chi connectivity index (χ1n) is 12.0. The highest BCUT2D eigenvalue weighted by Gasteiger charge is 2.34. The van der Waals surface area contributed by atoms with E-state index in [0.29, 0.717) is 24.7 Å². The maximum atomic E-state index is 12.0. The number of amides is 1. The van der Waals surface area contributed by atoms with E-state index in [1.165, 1.54) is 16.8 Å². The van der Waals surface area contributed by atoms with Gasteiger partial charge in [0.2, 0.25) is 6.79 Å². The van der Waals surface area contributed by atoms with Crippen LogP contribution in [-0.2, 0) is 11.2 Å². The van der Waals surface area contributed by atoms with Gasteiger partial charge in [-0.15, -0.1) is 0 Å². The summed E-state index contributed by atoms with van der Waals surface area (Å²) in [6, 6.07) is 8.28. The number of alkyl carbamates (subject to hydrolysis) is 1. The van der Waals surface area contributed by atoms with E-state index in [1.807, 2.05) is 26.8 Å². The number of carbonyl (C=O) groups excluding carboxylic acids is 1. The van der Waals surface area contributed by atoms with E-state index in [0.717, 1.165) is 35.6 Å². The third-order valence-electron chi connectivity index (χ3n) is 6.41. The van der Waals surface area contributed by atoms with E-state index >= 15 is 0 Å².